The molecule has 0 saturated carbocycles. The number of nitrogens with zero attached hydrogens (tertiary/aromatic N) is 2. The molecule has 82 valence electrons. The number of hydrogen-bond donors (Lipinski definition) is 2. The van der Waals surface area contributed by atoms with Gasteiger partial charge in [-0.3, -0.25) is 5.32 Å². The lowest BCUT2D eigenvalue weighted by Crippen LogP contribution is -2.36. The van der Waals surface area contributed by atoms with Gasteiger partial charge in [-0.1, -0.05) is 30.3 Å². The van der Waals surface area contributed by atoms with Gasteiger partial charge >= 0.3 is 6.09 Å². The quantitative estimate of drug-likeness (QED) is 0.433. The zero-order valence-corrected chi connectivity index (χ0v) is 8.38. The van der Waals surface area contributed by atoms with Crippen LogP contribution in [0.15, 0.2) is 35.3 Å². The number of hydrogen-bond acceptors (Lipinski definition) is 4. The first-order valence-corrected chi connectivity index (χ1v) is 4.42. The number of aliphatic imine (C=N–C) groups is 1. The monoisotopic (exact) mass is 218 g/mol. The molecule has 0 spiro atoms. The minimum absolute atomic E-state index is 0.131. The maximum atomic E-state index is 11.1. The van der Waals surface area contributed by atoms with Gasteiger partial charge in [-0.2, -0.15) is 5.26 Å². The summed E-state index contributed by atoms with van der Waals surface area (Å²) in [5.41, 5.74) is 6.02. The van der Waals surface area contributed by atoms with Crippen LogP contribution < -0.4 is 11.1 Å². The van der Waals surface area contributed by atoms with Crippen molar-refractivity contribution in [2.45, 2.75) is 6.61 Å². The summed E-state index contributed by atoms with van der Waals surface area (Å²) in [4.78, 5) is 14.2. The van der Waals surface area contributed by atoms with E-state index in [1.807, 2.05) is 30.3 Å². The molecular formula is C10H10N4O2. The lowest BCUT2D eigenvalue weighted by molar-refractivity contribution is 0.145. The van der Waals surface area contributed by atoms with Gasteiger partial charge in [0.05, 0.1) is 0 Å². The third-order valence-corrected chi connectivity index (χ3v) is 1.61. The zero-order valence-electron chi connectivity index (χ0n) is 8.38. The Morgan fingerprint density at radius 3 is 2.81 bits per heavy atom. The predicted molar refractivity (Wildman–Crippen MR) is 57.0 cm³/mol. The number of ether oxygens (including phenoxy) is 1. The molecule has 0 atom stereocenters. The van der Waals surface area contributed by atoms with E-state index in [0.29, 0.717) is 0 Å². The van der Waals surface area contributed by atoms with Gasteiger partial charge in [0.1, 0.15) is 6.61 Å². The summed E-state index contributed by atoms with van der Waals surface area (Å²) in [6.45, 7) is 0.131. The number of guanidine groups is 1. The summed E-state index contributed by atoms with van der Waals surface area (Å²) in [6, 6.07) is 9.17. The standard InChI is InChI=1S/C10H10N4O2/c11-7-13-9(12)14-10(15)16-6-8-4-2-1-3-5-8/h1-5H,6H2,(H3,12,13,14,15). The SMILES string of the molecule is N#CN=C(N)NC(=O)OCc1ccccc1. The maximum Gasteiger partial charge on any atom is 0.414 e. The lowest BCUT2D eigenvalue weighted by atomic mass is 10.2. The molecule has 0 bridgehead atoms. The highest BCUT2D eigenvalue weighted by atomic mass is 16.5. The Bertz CT molecular complexity index is 422. The van der Waals surface area contributed by atoms with Crippen LogP contribution in [-0.4, -0.2) is 12.1 Å². The van der Waals surface area contributed by atoms with Crippen molar-refractivity contribution in [2.24, 2.45) is 10.7 Å². The highest BCUT2D eigenvalue weighted by Gasteiger charge is 2.03. The van der Waals surface area contributed by atoms with Crippen molar-refractivity contribution in [3.05, 3.63) is 35.9 Å². The summed E-state index contributed by atoms with van der Waals surface area (Å²) in [5, 5.41) is 10.2. The molecule has 6 heteroatoms. The maximum absolute atomic E-state index is 11.1. The minimum atomic E-state index is -0.750. The van der Waals surface area contributed by atoms with Crippen LogP contribution in [0.25, 0.3) is 0 Å². The Balaban J connectivity index is 2.37. The number of nitrogens with one attached hydrogen (secondary N) is 1. The van der Waals surface area contributed by atoms with Crippen LogP contribution in [0.1, 0.15) is 5.56 Å². The van der Waals surface area contributed by atoms with Gasteiger partial charge in [0.15, 0.2) is 0 Å². The van der Waals surface area contributed by atoms with Crippen LogP contribution >= 0.6 is 0 Å². The Morgan fingerprint density at radius 2 is 2.19 bits per heavy atom. The number of nitrogens with two attached hydrogens (primary N) is 1. The van der Waals surface area contributed by atoms with Crippen LogP contribution in [0, 0.1) is 11.5 Å². The van der Waals surface area contributed by atoms with Gasteiger partial charge in [0.25, 0.3) is 0 Å². The predicted octanol–water partition coefficient (Wildman–Crippen LogP) is 0.709. The first-order valence-electron chi connectivity index (χ1n) is 4.42. The second-order valence-electron chi connectivity index (χ2n) is 2.78. The third kappa shape index (κ3) is 4.11. The number of amides is 1. The molecular weight excluding hydrogens is 208 g/mol. The number of benzene rings is 1. The molecule has 16 heavy (non-hydrogen) atoms. The van der Waals surface area contributed by atoms with Crippen molar-refractivity contribution in [2.75, 3.05) is 0 Å². The fourth-order valence-electron chi connectivity index (χ4n) is 0.946. The minimum Gasteiger partial charge on any atom is -0.444 e. The van der Waals surface area contributed by atoms with Crippen molar-refractivity contribution in [3.8, 4) is 6.19 Å². The van der Waals surface area contributed by atoms with E-state index in [9.17, 15) is 4.79 Å². The molecule has 0 aromatic heterocycles. The van der Waals surface area contributed by atoms with Crippen molar-refractivity contribution in [1.29, 1.82) is 5.26 Å². The molecule has 0 aliphatic rings. The Labute approximate surface area is 92.3 Å². The first-order chi connectivity index (χ1) is 7.72. The largest absolute Gasteiger partial charge is 0.444 e. The molecule has 0 fully saturated rings. The third-order valence-electron chi connectivity index (χ3n) is 1.61. The number of carbonyl (C=O) groups is 1. The van der Waals surface area contributed by atoms with E-state index in [1.54, 1.807) is 0 Å². The van der Waals surface area contributed by atoms with E-state index >= 15 is 0 Å². The molecule has 1 rings (SSSR count). The van der Waals surface area contributed by atoms with Crippen LogP contribution in [0.5, 0.6) is 0 Å². The second kappa shape index (κ2) is 6.03. The molecule has 0 heterocycles. The highest BCUT2D eigenvalue weighted by Crippen LogP contribution is 2.00. The van der Waals surface area contributed by atoms with E-state index in [0.717, 1.165) is 5.56 Å². The normalized spacial score (nSPS) is 10.3. The molecule has 1 amide bonds. The fraction of sp³-hybridized carbons (Fsp3) is 0.100. The average molecular weight is 218 g/mol. The Morgan fingerprint density at radius 1 is 1.50 bits per heavy atom. The van der Waals surface area contributed by atoms with E-state index in [1.165, 1.54) is 6.19 Å². The number of nitriles is 1. The van der Waals surface area contributed by atoms with E-state index in [2.05, 4.69) is 10.3 Å². The molecule has 0 unspecified atom stereocenters. The van der Waals surface area contributed by atoms with Crippen molar-refractivity contribution in [1.82, 2.24) is 5.32 Å². The van der Waals surface area contributed by atoms with Crippen LogP contribution in [0.2, 0.25) is 0 Å². The topological polar surface area (TPSA) is 101 Å². The van der Waals surface area contributed by atoms with Crippen LogP contribution in [0.4, 0.5) is 4.79 Å². The summed E-state index contributed by atoms with van der Waals surface area (Å²) in [5.74, 6) is -0.291. The van der Waals surface area contributed by atoms with Gasteiger partial charge in [-0.25, -0.2) is 4.79 Å². The summed E-state index contributed by atoms with van der Waals surface area (Å²) in [7, 11) is 0. The van der Waals surface area contributed by atoms with Gasteiger partial charge < -0.3 is 10.5 Å². The summed E-state index contributed by atoms with van der Waals surface area (Å²) in [6.07, 6.45) is 0.690. The van der Waals surface area contributed by atoms with Gasteiger partial charge in [-0.15, -0.1) is 4.99 Å². The average Bonchev–Trinajstić information content (AvgIpc) is 2.28. The summed E-state index contributed by atoms with van der Waals surface area (Å²) >= 11 is 0. The highest BCUT2D eigenvalue weighted by molar-refractivity contribution is 5.93. The number of carbonyl (C=O) groups excluding carboxylic acids is 1. The summed E-state index contributed by atoms with van der Waals surface area (Å²) < 4.78 is 4.82. The van der Waals surface area contributed by atoms with Gasteiger partial charge in [-0.05, 0) is 5.56 Å². The molecule has 0 radical (unpaired) electrons. The molecule has 1 aromatic rings. The zero-order chi connectivity index (χ0) is 11.8. The molecule has 0 aliphatic carbocycles. The second-order valence-corrected chi connectivity index (χ2v) is 2.78. The smallest absolute Gasteiger partial charge is 0.414 e. The first kappa shape index (κ1) is 11.5. The molecule has 0 aliphatic heterocycles. The van der Waals surface area contributed by atoms with Gasteiger partial charge in [0.2, 0.25) is 12.2 Å². The number of alkyl carbamates (subject to hydrolysis) is 1. The van der Waals surface area contributed by atoms with Crippen molar-refractivity contribution >= 4 is 12.1 Å². The molecule has 3 N–H and O–H groups in total. The lowest BCUT2D eigenvalue weighted by Gasteiger charge is -2.05. The van der Waals surface area contributed by atoms with Crippen molar-refractivity contribution in [3.63, 3.8) is 0 Å². The molecule has 0 saturated heterocycles. The molecule has 6 nitrogen and oxygen atoms in total. The Hall–Kier alpha value is -2.55. The Kier molecular flexibility index (Phi) is 4.34. The van der Waals surface area contributed by atoms with Crippen LogP contribution in [0.3, 0.4) is 0 Å². The fourth-order valence-corrected chi connectivity index (χ4v) is 0.946. The van der Waals surface area contributed by atoms with E-state index in [4.69, 9.17) is 15.7 Å². The van der Waals surface area contributed by atoms with Crippen molar-refractivity contribution < 1.29 is 9.53 Å². The number of rotatable bonds is 2. The molecule has 1 aromatic carbocycles. The van der Waals surface area contributed by atoms with E-state index < -0.39 is 6.09 Å². The van der Waals surface area contributed by atoms with Crippen LogP contribution in [-0.2, 0) is 11.3 Å². The van der Waals surface area contributed by atoms with E-state index in [-0.39, 0.29) is 12.6 Å². The van der Waals surface area contributed by atoms with Gasteiger partial charge in [0, 0.05) is 0 Å².